The highest BCUT2D eigenvalue weighted by atomic mass is 35.5. The number of hydrogen-bond acceptors (Lipinski definition) is 4. The Balaban J connectivity index is 1.74. The fourth-order valence-corrected chi connectivity index (χ4v) is 3.18. The van der Waals surface area contributed by atoms with Crippen LogP contribution in [0.5, 0.6) is 0 Å². The van der Waals surface area contributed by atoms with Crippen molar-refractivity contribution in [2.75, 3.05) is 0 Å². The summed E-state index contributed by atoms with van der Waals surface area (Å²) >= 11 is 7.65. The molecule has 2 aromatic rings. The Morgan fingerprint density at radius 2 is 2.21 bits per heavy atom. The van der Waals surface area contributed by atoms with E-state index >= 15 is 0 Å². The van der Waals surface area contributed by atoms with E-state index in [4.69, 9.17) is 11.6 Å². The molecule has 2 heterocycles. The van der Waals surface area contributed by atoms with Crippen molar-refractivity contribution < 1.29 is 0 Å². The maximum absolute atomic E-state index is 5.98. The Morgan fingerprint density at radius 3 is 2.79 bits per heavy atom. The molecule has 0 aliphatic heterocycles. The first kappa shape index (κ1) is 13.0. The molecule has 2 aromatic heterocycles. The predicted molar refractivity (Wildman–Crippen MR) is 75.5 cm³/mol. The molecule has 0 radical (unpaired) electrons. The van der Waals surface area contributed by atoms with Gasteiger partial charge < -0.3 is 9.13 Å². The summed E-state index contributed by atoms with van der Waals surface area (Å²) in [5, 5.41) is 10.3. The van der Waals surface area contributed by atoms with E-state index in [0.717, 1.165) is 29.1 Å². The zero-order valence-corrected chi connectivity index (χ0v) is 12.6. The molecule has 1 aliphatic rings. The van der Waals surface area contributed by atoms with Gasteiger partial charge in [0.2, 0.25) is 0 Å². The molecule has 1 aliphatic carbocycles. The number of rotatable bonds is 5. The summed E-state index contributed by atoms with van der Waals surface area (Å²) < 4.78 is 4.11. The Hall–Kier alpha value is -1.01. The maximum Gasteiger partial charge on any atom is 0.191 e. The van der Waals surface area contributed by atoms with Crippen molar-refractivity contribution in [3.63, 3.8) is 0 Å². The van der Waals surface area contributed by atoms with Gasteiger partial charge in [0.1, 0.15) is 16.8 Å². The van der Waals surface area contributed by atoms with Crippen molar-refractivity contribution in [1.82, 2.24) is 24.3 Å². The van der Waals surface area contributed by atoms with E-state index in [0.29, 0.717) is 11.1 Å². The van der Waals surface area contributed by atoms with E-state index < -0.39 is 0 Å². The molecule has 0 aromatic carbocycles. The number of imidazole rings is 1. The van der Waals surface area contributed by atoms with Gasteiger partial charge in [-0.1, -0.05) is 23.4 Å². The average molecular weight is 298 g/mol. The van der Waals surface area contributed by atoms with Crippen LogP contribution in [-0.4, -0.2) is 24.3 Å². The van der Waals surface area contributed by atoms with Crippen LogP contribution >= 0.6 is 23.4 Å². The normalized spacial score (nSPS) is 15.1. The van der Waals surface area contributed by atoms with Crippen LogP contribution in [0.3, 0.4) is 0 Å². The van der Waals surface area contributed by atoms with Crippen LogP contribution in [0.4, 0.5) is 0 Å². The Bertz CT molecular complexity index is 587. The molecule has 19 heavy (non-hydrogen) atoms. The first-order chi connectivity index (χ1) is 9.20. The van der Waals surface area contributed by atoms with Crippen LogP contribution in [0, 0.1) is 0 Å². The lowest BCUT2D eigenvalue weighted by atomic mass is 10.4. The molecule has 3 rings (SSSR count). The van der Waals surface area contributed by atoms with Gasteiger partial charge in [-0.15, -0.1) is 10.2 Å². The lowest BCUT2D eigenvalue weighted by molar-refractivity contribution is 0.643. The lowest BCUT2D eigenvalue weighted by Gasteiger charge is -2.06. The minimum atomic E-state index is 0.629. The second kappa shape index (κ2) is 5.17. The van der Waals surface area contributed by atoms with Gasteiger partial charge in [0.25, 0.3) is 0 Å². The van der Waals surface area contributed by atoms with Crippen LogP contribution in [0.2, 0.25) is 5.15 Å². The quantitative estimate of drug-likeness (QED) is 0.796. The van der Waals surface area contributed by atoms with Gasteiger partial charge in [0, 0.05) is 19.5 Å². The SMILES string of the molecule is CCn1c(SCc2ncc(Cl)n2C)nnc1C1CC1. The smallest absolute Gasteiger partial charge is 0.191 e. The van der Waals surface area contributed by atoms with Crippen LogP contribution in [0.1, 0.15) is 37.3 Å². The number of thioether (sulfide) groups is 1. The largest absolute Gasteiger partial charge is 0.322 e. The van der Waals surface area contributed by atoms with Gasteiger partial charge in [-0.05, 0) is 19.8 Å². The fourth-order valence-electron chi connectivity index (χ4n) is 2.04. The highest BCUT2D eigenvalue weighted by Gasteiger charge is 2.29. The minimum absolute atomic E-state index is 0.629. The van der Waals surface area contributed by atoms with Crippen molar-refractivity contribution in [1.29, 1.82) is 0 Å². The summed E-state index contributed by atoms with van der Waals surface area (Å²) in [6, 6.07) is 0. The molecule has 1 fully saturated rings. The minimum Gasteiger partial charge on any atom is -0.322 e. The predicted octanol–water partition coefficient (Wildman–Crippen LogP) is 2.85. The monoisotopic (exact) mass is 297 g/mol. The topological polar surface area (TPSA) is 48.5 Å². The molecule has 0 saturated heterocycles. The first-order valence-corrected chi connectivity index (χ1v) is 7.79. The molecule has 1 saturated carbocycles. The first-order valence-electron chi connectivity index (χ1n) is 6.42. The van der Waals surface area contributed by atoms with Gasteiger partial charge in [-0.2, -0.15) is 0 Å². The summed E-state index contributed by atoms with van der Waals surface area (Å²) in [5.41, 5.74) is 0. The lowest BCUT2D eigenvalue weighted by Crippen LogP contribution is -2.03. The summed E-state index contributed by atoms with van der Waals surface area (Å²) in [6.07, 6.45) is 4.17. The molecule has 102 valence electrons. The summed E-state index contributed by atoms with van der Waals surface area (Å²) in [4.78, 5) is 4.29. The molecular formula is C12H16ClN5S. The van der Waals surface area contributed by atoms with Gasteiger partial charge in [0.15, 0.2) is 5.16 Å². The second-order valence-electron chi connectivity index (χ2n) is 4.70. The van der Waals surface area contributed by atoms with E-state index in [-0.39, 0.29) is 0 Å². The Labute approximate surface area is 121 Å². The van der Waals surface area contributed by atoms with Crippen LogP contribution in [0.25, 0.3) is 0 Å². The molecule has 0 spiro atoms. The van der Waals surface area contributed by atoms with E-state index in [1.807, 2.05) is 11.6 Å². The maximum atomic E-state index is 5.98. The zero-order chi connectivity index (χ0) is 13.4. The molecule has 0 N–H and O–H groups in total. The fraction of sp³-hybridized carbons (Fsp3) is 0.583. The van der Waals surface area contributed by atoms with Crippen molar-refractivity contribution in [3.05, 3.63) is 23.0 Å². The van der Waals surface area contributed by atoms with E-state index in [2.05, 4.69) is 26.7 Å². The van der Waals surface area contributed by atoms with Crippen LogP contribution in [0.15, 0.2) is 11.4 Å². The van der Waals surface area contributed by atoms with Crippen molar-refractivity contribution in [3.8, 4) is 0 Å². The van der Waals surface area contributed by atoms with Gasteiger partial charge in [0.05, 0.1) is 11.9 Å². The molecular weight excluding hydrogens is 282 g/mol. The molecule has 0 atom stereocenters. The molecule has 0 amide bonds. The summed E-state index contributed by atoms with van der Waals surface area (Å²) in [6.45, 7) is 3.05. The highest BCUT2D eigenvalue weighted by molar-refractivity contribution is 7.98. The standard InChI is InChI=1S/C12H16ClN5S/c1-3-18-11(8-4-5-8)15-16-12(18)19-7-10-14-6-9(13)17(10)2/h6,8H,3-5,7H2,1-2H3. The van der Waals surface area contributed by atoms with Crippen molar-refractivity contribution in [2.45, 2.75) is 43.1 Å². The number of aromatic nitrogens is 5. The zero-order valence-electron chi connectivity index (χ0n) is 11.0. The Kier molecular flexibility index (Phi) is 3.54. The molecule has 0 unspecified atom stereocenters. The molecule has 0 bridgehead atoms. The van der Waals surface area contributed by atoms with Crippen molar-refractivity contribution in [2.24, 2.45) is 7.05 Å². The third-order valence-corrected chi connectivity index (χ3v) is 4.68. The second-order valence-corrected chi connectivity index (χ2v) is 6.03. The third kappa shape index (κ3) is 2.51. The summed E-state index contributed by atoms with van der Waals surface area (Å²) in [7, 11) is 1.92. The van der Waals surface area contributed by atoms with Gasteiger partial charge in [-0.25, -0.2) is 4.98 Å². The van der Waals surface area contributed by atoms with E-state index in [9.17, 15) is 0 Å². The van der Waals surface area contributed by atoms with E-state index in [1.165, 1.54) is 12.8 Å². The van der Waals surface area contributed by atoms with Crippen molar-refractivity contribution >= 4 is 23.4 Å². The average Bonchev–Trinajstić information content (AvgIpc) is 3.10. The summed E-state index contributed by atoms with van der Waals surface area (Å²) in [5.74, 6) is 3.48. The number of hydrogen-bond donors (Lipinski definition) is 0. The Morgan fingerprint density at radius 1 is 1.42 bits per heavy atom. The number of halogens is 1. The number of nitrogens with zero attached hydrogens (tertiary/aromatic N) is 5. The highest BCUT2D eigenvalue weighted by Crippen LogP contribution is 2.40. The third-order valence-electron chi connectivity index (χ3n) is 3.36. The van der Waals surface area contributed by atoms with Crippen LogP contribution in [-0.2, 0) is 19.3 Å². The molecule has 7 heteroatoms. The molecule has 5 nitrogen and oxygen atoms in total. The van der Waals surface area contributed by atoms with Gasteiger partial charge in [-0.3, -0.25) is 0 Å². The van der Waals surface area contributed by atoms with E-state index in [1.54, 1.807) is 18.0 Å². The van der Waals surface area contributed by atoms with Gasteiger partial charge >= 0.3 is 0 Å². The van der Waals surface area contributed by atoms with Crippen LogP contribution < -0.4 is 0 Å².